The van der Waals surface area contributed by atoms with Crippen LogP contribution < -0.4 is 10.6 Å². The number of aromatic nitrogens is 1. The molecule has 1 aliphatic heterocycles. The number of sulfonamides is 1. The average Bonchev–Trinajstić information content (AvgIpc) is 3.47. The van der Waals surface area contributed by atoms with Crippen LogP contribution in [0.3, 0.4) is 0 Å². The topological polar surface area (TPSA) is 112 Å². The molecule has 0 saturated carbocycles. The standard InChI is InChI=1S/C26H31N5O4S2/c1-2-3-4-12-28-26(33)30-15-16-31(37(34,35)24-9-6-17-36-24)23(19-30)25(32)29-22-8-5-7-21(18-22)20-10-13-27-14-11-20/h5-11,13-14,17-18,23H,2-4,12,15-16,19H2,1H3,(H,28,33)(H,29,32). The van der Waals surface area contributed by atoms with Gasteiger partial charge < -0.3 is 15.5 Å². The maximum atomic E-state index is 13.5. The van der Waals surface area contributed by atoms with E-state index in [9.17, 15) is 18.0 Å². The number of pyridine rings is 1. The minimum atomic E-state index is -3.90. The van der Waals surface area contributed by atoms with Gasteiger partial charge in [0.05, 0.1) is 0 Å². The largest absolute Gasteiger partial charge is 0.338 e. The normalized spacial score (nSPS) is 16.4. The highest BCUT2D eigenvalue weighted by Crippen LogP contribution is 2.27. The second-order valence-electron chi connectivity index (χ2n) is 8.75. The Labute approximate surface area is 221 Å². The highest BCUT2D eigenvalue weighted by atomic mass is 32.2. The second-order valence-corrected chi connectivity index (χ2v) is 11.8. The van der Waals surface area contributed by atoms with E-state index in [-0.39, 0.29) is 29.9 Å². The van der Waals surface area contributed by atoms with Gasteiger partial charge in [0.25, 0.3) is 10.0 Å². The van der Waals surface area contributed by atoms with Crippen LogP contribution in [0.5, 0.6) is 0 Å². The molecule has 0 bridgehead atoms. The molecule has 0 aliphatic carbocycles. The Morgan fingerprint density at radius 2 is 1.86 bits per heavy atom. The number of rotatable bonds is 9. The van der Waals surface area contributed by atoms with Crippen molar-refractivity contribution in [2.45, 2.75) is 36.4 Å². The molecule has 3 amide bonds. The van der Waals surface area contributed by atoms with Crippen molar-refractivity contribution in [3.8, 4) is 11.1 Å². The number of nitrogens with one attached hydrogen (secondary N) is 2. The molecule has 3 heterocycles. The molecular formula is C26H31N5O4S2. The number of piperazine rings is 1. The fourth-order valence-corrected chi connectivity index (χ4v) is 6.90. The van der Waals surface area contributed by atoms with Crippen molar-refractivity contribution in [3.63, 3.8) is 0 Å². The zero-order chi connectivity index (χ0) is 26.3. The van der Waals surface area contributed by atoms with Gasteiger partial charge in [-0.3, -0.25) is 9.78 Å². The number of thiophene rings is 1. The molecular weight excluding hydrogens is 510 g/mol. The van der Waals surface area contributed by atoms with Crippen molar-refractivity contribution >= 4 is 39.0 Å². The summed E-state index contributed by atoms with van der Waals surface area (Å²) in [6.07, 6.45) is 6.30. The first kappa shape index (κ1) is 26.8. The number of benzene rings is 1. The van der Waals surface area contributed by atoms with Crippen molar-refractivity contribution in [3.05, 3.63) is 66.3 Å². The summed E-state index contributed by atoms with van der Waals surface area (Å²) >= 11 is 1.10. The molecule has 3 aromatic rings. The average molecular weight is 542 g/mol. The molecule has 2 aromatic heterocycles. The van der Waals surface area contributed by atoms with Gasteiger partial charge in [-0.05, 0) is 53.3 Å². The quantitative estimate of drug-likeness (QED) is 0.398. The predicted octanol–water partition coefficient (Wildman–Crippen LogP) is 4.02. The van der Waals surface area contributed by atoms with Gasteiger partial charge in [-0.15, -0.1) is 11.3 Å². The Kier molecular flexibility index (Phi) is 8.91. The highest BCUT2D eigenvalue weighted by molar-refractivity contribution is 7.91. The monoisotopic (exact) mass is 541 g/mol. The predicted molar refractivity (Wildman–Crippen MR) is 145 cm³/mol. The Morgan fingerprint density at radius 3 is 2.59 bits per heavy atom. The Morgan fingerprint density at radius 1 is 1.05 bits per heavy atom. The maximum Gasteiger partial charge on any atom is 0.317 e. The fraction of sp³-hybridized carbons (Fsp3) is 0.346. The molecule has 196 valence electrons. The molecule has 1 unspecified atom stereocenters. The van der Waals surface area contributed by atoms with Gasteiger partial charge in [0.1, 0.15) is 10.3 Å². The minimum Gasteiger partial charge on any atom is -0.338 e. The summed E-state index contributed by atoms with van der Waals surface area (Å²) in [5, 5.41) is 7.45. The molecule has 0 spiro atoms. The van der Waals surface area contributed by atoms with Gasteiger partial charge in [-0.1, -0.05) is 38.0 Å². The molecule has 37 heavy (non-hydrogen) atoms. The van der Waals surface area contributed by atoms with Crippen LogP contribution in [0.15, 0.2) is 70.5 Å². The van der Waals surface area contributed by atoms with Gasteiger partial charge in [0, 0.05) is 44.3 Å². The SMILES string of the molecule is CCCCCNC(=O)N1CCN(S(=O)(=O)c2cccs2)C(C(=O)Nc2cccc(-c3ccncc3)c2)C1. The molecule has 1 aliphatic rings. The van der Waals surface area contributed by atoms with Crippen molar-refractivity contribution in [1.29, 1.82) is 0 Å². The zero-order valence-electron chi connectivity index (χ0n) is 20.7. The molecule has 1 atom stereocenters. The first-order valence-corrected chi connectivity index (χ1v) is 14.6. The number of amides is 3. The number of nitrogens with zero attached hydrogens (tertiary/aromatic N) is 3. The molecule has 11 heteroatoms. The van der Waals surface area contributed by atoms with E-state index in [1.165, 1.54) is 15.3 Å². The second kappa shape index (κ2) is 12.3. The Balaban J connectivity index is 1.55. The van der Waals surface area contributed by atoms with E-state index in [4.69, 9.17) is 0 Å². The summed E-state index contributed by atoms with van der Waals surface area (Å²) in [5.74, 6) is -0.490. The maximum absolute atomic E-state index is 13.5. The van der Waals surface area contributed by atoms with Crippen molar-refractivity contribution in [1.82, 2.24) is 19.5 Å². The number of hydrogen-bond acceptors (Lipinski definition) is 6. The van der Waals surface area contributed by atoms with Crippen LogP contribution in [0.25, 0.3) is 11.1 Å². The summed E-state index contributed by atoms with van der Waals surface area (Å²) in [6.45, 7) is 2.81. The summed E-state index contributed by atoms with van der Waals surface area (Å²) in [5.41, 5.74) is 2.37. The Bertz CT molecular complexity index is 1300. The first-order chi connectivity index (χ1) is 17.9. The molecule has 1 saturated heterocycles. The molecule has 9 nitrogen and oxygen atoms in total. The van der Waals surface area contributed by atoms with E-state index in [0.29, 0.717) is 12.2 Å². The third-order valence-corrected chi connectivity index (χ3v) is 9.46. The van der Waals surface area contributed by atoms with E-state index in [0.717, 1.165) is 41.7 Å². The van der Waals surface area contributed by atoms with Crippen molar-refractivity contribution in [2.24, 2.45) is 0 Å². The summed E-state index contributed by atoms with van der Waals surface area (Å²) < 4.78 is 28.2. The highest BCUT2D eigenvalue weighted by Gasteiger charge is 2.41. The van der Waals surface area contributed by atoms with Gasteiger partial charge in [-0.2, -0.15) is 4.31 Å². The van der Waals surface area contributed by atoms with Crippen molar-refractivity contribution in [2.75, 3.05) is 31.5 Å². The lowest BCUT2D eigenvalue weighted by molar-refractivity contribution is -0.121. The number of carbonyl (C=O) groups excluding carboxylic acids is 2. The Hall–Kier alpha value is -3.28. The molecule has 1 fully saturated rings. The lowest BCUT2D eigenvalue weighted by Gasteiger charge is -2.39. The summed E-state index contributed by atoms with van der Waals surface area (Å²) in [4.78, 5) is 31.9. The van der Waals surface area contributed by atoms with Crippen LogP contribution in [-0.4, -0.2) is 66.8 Å². The lowest BCUT2D eigenvalue weighted by atomic mass is 10.1. The minimum absolute atomic E-state index is 0.0256. The van der Waals surface area contributed by atoms with Crippen LogP contribution in [0.1, 0.15) is 26.2 Å². The van der Waals surface area contributed by atoms with Crippen LogP contribution in [0, 0.1) is 0 Å². The summed E-state index contributed by atoms with van der Waals surface area (Å²) in [6, 6.07) is 12.9. The number of anilines is 1. The number of carbonyl (C=O) groups is 2. The third-order valence-electron chi connectivity index (χ3n) is 6.18. The molecule has 2 N–H and O–H groups in total. The zero-order valence-corrected chi connectivity index (χ0v) is 22.3. The molecule has 0 radical (unpaired) electrons. The van der Waals surface area contributed by atoms with E-state index in [1.54, 1.807) is 29.9 Å². The molecule has 1 aromatic carbocycles. The lowest BCUT2D eigenvalue weighted by Crippen LogP contribution is -2.61. The molecule has 4 rings (SSSR count). The number of hydrogen-bond donors (Lipinski definition) is 2. The van der Waals surface area contributed by atoms with E-state index in [2.05, 4.69) is 22.5 Å². The summed E-state index contributed by atoms with van der Waals surface area (Å²) in [7, 11) is -3.90. The number of unbranched alkanes of at least 4 members (excludes halogenated alkanes) is 2. The van der Waals surface area contributed by atoms with Gasteiger partial charge in [0.15, 0.2) is 0 Å². The van der Waals surface area contributed by atoms with Crippen LogP contribution >= 0.6 is 11.3 Å². The van der Waals surface area contributed by atoms with Crippen LogP contribution in [0.4, 0.5) is 10.5 Å². The number of urea groups is 1. The van der Waals surface area contributed by atoms with Crippen LogP contribution in [0.2, 0.25) is 0 Å². The smallest absolute Gasteiger partial charge is 0.317 e. The van der Waals surface area contributed by atoms with Gasteiger partial charge >= 0.3 is 6.03 Å². The van der Waals surface area contributed by atoms with Crippen LogP contribution in [-0.2, 0) is 14.8 Å². The van der Waals surface area contributed by atoms with Gasteiger partial charge in [0.2, 0.25) is 5.91 Å². The van der Waals surface area contributed by atoms with Gasteiger partial charge in [-0.25, -0.2) is 13.2 Å². The van der Waals surface area contributed by atoms with E-state index in [1.807, 2.05) is 30.3 Å². The fourth-order valence-electron chi connectivity index (χ4n) is 4.21. The first-order valence-electron chi connectivity index (χ1n) is 12.3. The van der Waals surface area contributed by atoms with E-state index >= 15 is 0 Å². The third kappa shape index (κ3) is 6.54. The van der Waals surface area contributed by atoms with Crippen molar-refractivity contribution < 1.29 is 18.0 Å². The van der Waals surface area contributed by atoms with E-state index < -0.39 is 22.0 Å².